The maximum Gasteiger partial charge on any atom is 0.262 e. The van der Waals surface area contributed by atoms with E-state index in [4.69, 9.17) is 0 Å². The number of carbonyl (C=O) groups excluding carboxylic acids is 1. The predicted molar refractivity (Wildman–Crippen MR) is 82.1 cm³/mol. The van der Waals surface area contributed by atoms with Crippen molar-refractivity contribution in [2.24, 2.45) is 7.05 Å². The van der Waals surface area contributed by atoms with Gasteiger partial charge in [-0.15, -0.1) is 11.3 Å². The van der Waals surface area contributed by atoms with Gasteiger partial charge < -0.3 is 4.57 Å². The first-order valence-corrected chi connectivity index (χ1v) is 7.28. The molecule has 1 amide bonds. The Kier molecular flexibility index (Phi) is 3.34. The maximum absolute atomic E-state index is 12.5. The quantitative estimate of drug-likeness (QED) is 0.808. The Bertz CT molecular complexity index is 765. The molecule has 3 heterocycles. The van der Waals surface area contributed by atoms with Gasteiger partial charge in [0.15, 0.2) is 5.13 Å². The monoisotopic (exact) mass is 301 g/mol. The van der Waals surface area contributed by atoms with E-state index in [1.807, 2.05) is 50.0 Å². The van der Waals surface area contributed by atoms with Gasteiger partial charge in [-0.3, -0.25) is 14.8 Å². The number of nitrogens with zero attached hydrogens (tertiary/aromatic N) is 4. The lowest BCUT2D eigenvalue weighted by Crippen LogP contribution is -2.14. The van der Waals surface area contributed by atoms with E-state index in [1.54, 1.807) is 10.9 Å². The molecule has 0 atom stereocenters. The molecule has 0 aliphatic carbocycles. The Balaban J connectivity index is 1.92. The van der Waals surface area contributed by atoms with Crippen LogP contribution in [0.15, 0.2) is 30.7 Å². The van der Waals surface area contributed by atoms with E-state index in [-0.39, 0.29) is 5.91 Å². The fraction of sp³-hybridized carbons (Fsp3) is 0.214. The van der Waals surface area contributed by atoms with Crippen LogP contribution in [0.3, 0.4) is 0 Å². The fourth-order valence-electron chi connectivity index (χ4n) is 2.06. The first-order valence-electron chi connectivity index (χ1n) is 6.47. The predicted octanol–water partition coefficient (Wildman–Crippen LogP) is 2.54. The Morgan fingerprint density at radius 3 is 2.62 bits per heavy atom. The molecule has 0 bridgehead atoms. The smallest absolute Gasteiger partial charge is 0.262 e. The molecule has 3 aromatic heterocycles. The molecule has 3 aromatic rings. The van der Waals surface area contributed by atoms with E-state index >= 15 is 0 Å². The van der Waals surface area contributed by atoms with E-state index in [1.165, 1.54) is 11.3 Å². The number of rotatable bonds is 3. The van der Waals surface area contributed by atoms with Gasteiger partial charge in [0, 0.05) is 24.3 Å². The van der Waals surface area contributed by atoms with E-state index in [2.05, 4.69) is 15.4 Å². The van der Waals surface area contributed by atoms with Crippen molar-refractivity contribution in [2.45, 2.75) is 13.8 Å². The second-order valence-corrected chi connectivity index (χ2v) is 5.91. The van der Waals surface area contributed by atoms with E-state index in [0.717, 1.165) is 16.4 Å². The highest BCUT2D eigenvalue weighted by atomic mass is 32.1. The average Bonchev–Trinajstić information content (AvgIpc) is 3.12. The molecule has 0 aromatic carbocycles. The third kappa shape index (κ3) is 2.47. The molecule has 0 saturated carbocycles. The van der Waals surface area contributed by atoms with Crippen LogP contribution in [-0.4, -0.2) is 25.2 Å². The van der Waals surface area contributed by atoms with Crippen LogP contribution in [0.2, 0.25) is 0 Å². The number of aromatic nitrogens is 4. The molecule has 0 spiro atoms. The van der Waals surface area contributed by atoms with Gasteiger partial charge in [0.2, 0.25) is 0 Å². The number of thiazole rings is 1. The molecule has 0 aliphatic rings. The van der Waals surface area contributed by atoms with Crippen LogP contribution in [0, 0.1) is 13.8 Å². The van der Waals surface area contributed by atoms with Gasteiger partial charge in [0.05, 0.1) is 11.9 Å². The summed E-state index contributed by atoms with van der Waals surface area (Å²) >= 11 is 1.47. The van der Waals surface area contributed by atoms with Crippen LogP contribution in [0.4, 0.5) is 5.13 Å². The molecule has 7 heteroatoms. The zero-order valence-electron chi connectivity index (χ0n) is 12.0. The maximum atomic E-state index is 12.5. The van der Waals surface area contributed by atoms with Gasteiger partial charge >= 0.3 is 0 Å². The third-order valence-corrected chi connectivity index (χ3v) is 4.24. The second kappa shape index (κ2) is 5.17. The highest BCUT2D eigenvalue weighted by Crippen LogP contribution is 2.22. The summed E-state index contributed by atoms with van der Waals surface area (Å²) in [6.45, 7) is 3.91. The summed E-state index contributed by atoms with van der Waals surface area (Å²) in [4.78, 5) is 17.9. The van der Waals surface area contributed by atoms with Gasteiger partial charge in [0.25, 0.3) is 5.91 Å². The lowest BCUT2D eigenvalue weighted by Gasteiger charge is -2.07. The van der Waals surface area contributed by atoms with Gasteiger partial charge in [-0.05, 0) is 26.0 Å². The van der Waals surface area contributed by atoms with Crippen LogP contribution < -0.4 is 5.32 Å². The molecular formula is C14H15N5OS. The largest absolute Gasteiger partial charge is 0.308 e. The Hall–Kier alpha value is -2.41. The normalized spacial score (nSPS) is 10.8. The lowest BCUT2D eigenvalue weighted by atomic mass is 10.3. The molecular weight excluding hydrogens is 286 g/mol. The van der Waals surface area contributed by atoms with Crippen molar-refractivity contribution in [1.29, 1.82) is 0 Å². The van der Waals surface area contributed by atoms with Gasteiger partial charge in [-0.1, -0.05) is 0 Å². The molecule has 21 heavy (non-hydrogen) atoms. The molecule has 0 radical (unpaired) electrons. The molecule has 0 fully saturated rings. The molecule has 6 nitrogen and oxygen atoms in total. The van der Waals surface area contributed by atoms with Crippen LogP contribution >= 0.6 is 11.3 Å². The van der Waals surface area contributed by atoms with Crippen molar-refractivity contribution in [2.75, 3.05) is 5.32 Å². The highest BCUT2D eigenvalue weighted by Gasteiger charge is 2.18. The van der Waals surface area contributed by atoms with Gasteiger partial charge in [-0.2, -0.15) is 5.10 Å². The number of amides is 1. The van der Waals surface area contributed by atoms with Crippen molar-refractivity contribution in [3.63, 3.8) is 0 Å². The summed E-state index contributed by atoms with van der Waals surface area (Å²) < 4.78 is 3.54. The highest BCUT2D eigenvalue weighted by molar-refractivity contribution is 7.15. The number of nitrogens with one attached hydrogen (secondary N) is 1. The van der Waals surface area contributed by atoms with Crippen molar-refractivity contribution in [3.05, 3.63) is 46.9 Å². The van der Waals surface area contributed by atoms with Crippen molar-refractivity contribution in [1.82, 2.24) is 19.3 Å². The van der Waals surface area contributed by atoms with Crippen molar-refractivity contribution < 1.29 is 4.79 Å². The van der Waals surface area contributed by atoms with Gasteiger partial charge in [0.1, 0.15) is 11.4 Å². The van der Waals surface area contributed by atoms with Crippen molar-refractivity contribution >= 4 is 22.4 Å². The second-order valence-electron chi connectivity index (χ2n) is 4.71. The molecule has 1 N–H and O–H groups in total. The fourth-order valence-corrected chi connectivity index (χ4v) is 2.87. The summed E-state index contributed by atoms with van der Waals surface area (Å²) in [6.07, 6.45) is 5.33. The Morgan fingerprint density at radius 1 is 1.29 bits per heavy atom. The SMILES string of the molecule is Cc1nc(NC(=O)c2cnn(C)c2-n2cccc2)sc1C. The van der Waals surface area contributed by atoms with E-state index < -0.39 is 0 Å². The minimum absolute atomic E-state index is 0.208. The minimum atomic E-state index is -0.208. The zero-order valence-corrected chi connectivity index (χ0v) is 12.8. The standard InChI is InChI=1S/C14H15N5OS/c1-9-10(2)21-14(16-9)17-12(20)11-8-15-18(3)13(11)19-6-4-5-7-19/h4-8H,1-3H3,(H,16,17,20). The number of hydrogen-bond donors (Lipinski definition) is 1. The van der Waals surface area contributed by atoms with E-state index in [9.17, 15) is 4.79 Å². The van der Waals surface area contributed by atoms with Crippen LogP contribution in [0.1, 0.15) is 20.9 Å². The Labute approximate surface area is 126 Å². The molecule has 0 unspecified atom stereocenters. The third-order valence-electron chi connectivity index (χ3n) is 3.25. The first-order chi connectivity index (χ1) is 10.1. The number of aryl methyl sites for hydroxylation is 3. The Morgan fingerprint density at radius 2 is 2.00 bits per heavy atom. The van der Waals surface area contributed by atoms with Crippen LogP contribution in [-0.2, 0) is 7.05 Å². The molecule has 108 valence electrons. The van der Waals surface area contributed by atoms with Crippen molar-refractivity contribution in [3.8, 4) is 5.82 Å². The lowest BCUT2D eigenvalue weighted by molar-refractivity contribution is 0.102. The molecule has 0 aliphatic heterocycles. The minimum Gasteiger partial charge on any atom is -0.308 e. The molecule has 0 saturated heterocycles. The average molecular weight is 301 g/mol. The summed E-state index contributed by atoms with van der Waals surface area (Å²) in [7, 11) is 1.81. The summed E-state index contributed by atoms with van der Waals surface area (Å²) in [5.41, 5.74) is 1.45. The first kappa shape index (κ1) is 13.6. The van der Waals surface area contributed by atoms with Crippen LogP contribution in [0.25, 0.3) is 5.82 Å². The topological polar surface area (TPSA) is 64.7 Å². The number of hydrogen-bond acceptors (Lipinski definition) is 4. The van der Waals surface area contributed by atoms with E-state index in [0.29, 0.717) is 10.7 Å². The van der Waals surface area contributed by atoms with Crippen LogP contribution in [0.5, 0.6) is 0 Å². The summed E-state index contributed by atoms with van der Waals surface area (Å²) in [5.74, 6) is 0.517. The number of anilines is 1. The summed E-state index contributed by atoms with van der Waals surface area (Å²) in [6, 6.07) is 3.81. The molecule has 3 rings (SSSR count). The zero-order chi connectivity index (χ0) is 15.0. The van der Waals surface area contributed by atoms with Gasteiger partial charge in [-0.25, -0.2) is 4.98 Å². The number of carbonyl (C=O) groups is 1. The summed E-state index contributed by atoms with van der Waals surface area (Å²) in [5, 5.41) is 7.62.